The molecule has 1 N–H and O–H groups in total. The summed E-state index contributed by atoms with van der Waals surface area (Å²) in [5.74, 6) is 0.174. The zero-order valence-electron chi connectivity index (χ0n) is 11.3. The molecule has 0 aromatic carbocycles. The number of carbonyl (C=O) groups excluding carboxylic acids is 1. The minimum atomic E-state index is 0.0000449. The minimum Gasteiger partial charge on any atom is -0.394 e. The average molecular weight is 254 g/mol. The molecule has 0 radical (unpaired) electrons. The molecule has 0 spiro atoms. The molecule has 0 saturated carbocycles. The van der Waals surface area contributed by atoms with Gasteiger partial charge in [-0.3, -0.25) is 4.79 Å². The molecule has 0 saturated heterocycles. The van der Waals surface area contributed by atoms with Crippen molar-refractivity contribution >= 4 is 5.91 Å². The van der Waals surface area contributed by atoms with E-state index >= 15 is 0 Å². The summed E-state index contributed by atoms with van der Waals surface area (Å²) in [6.45, 7) is 6.62. The lowest BCUT2D eigenvalue weighted by Gasteiger charge is -2.14. The largest absolute Gasteiger partial charge is 0.394 e. The highest BCUT2D eigenvalue weighted by Gasteiger charge is 2.16. The third-order valence-corrected chi connectivity index (χ3v) is 2.88. The second kappa shape index (κ2) is 7.28. The molecule has 1 aromatic heterocycles. The first-order chi connectivity index (χ1) is 8.58. The van der Waals surface area contributed by atoms with E-state index in [0.29, 0.717) is 19.6 Å². The van der Waals surface area contributed by atoms with Gasteiger partial charge in [-0.25, -0.2) is 4.68 Å². The first-order valence-electron chi connectivity index (χ1n) is 6.33. The van der Waals surface area contributed by atoms with Gasteiger partial charge < -0.3 is 9.84 Å². The number of aliphatic hydroxyl groups is 1. The van der Waals surface area contributed by atoms with Crippen LogP contribution in [0.5, 0.6) is 0 Å². The quantitative estimate of drug-likeness (QED) is 0.750. The van der Waals surface area contributed by atoms with Gasteiger partial charge in [0.1, 0.15) is 0 Å². The van der Waals surface area contributed by atoms with Gasteiger partial charge in [0.15, 0.2) is 0 Å². The third-order valence-electron chi connectivity index (χ3n) is 2.88. The Morgan fingerprint density at radius 2 is 2.28 bits per heavy atom. The molecule has 1 rings (SSSR count). The molecule has 0 amide bonds. The van der Waals surface area contributed by atoms with Gasteiger partial charge in [0.05, 0.1) is 18.9 Å². The molecule has 5 heteroatoms. The monoisotopic (exact) mass is 254 g/mol. The Balaban J connectivity index is 2.54. The van der Waals surface area contributed by atoms with E-state index in [1.807, 2.05) is 26.8 Å². The van der Waals surface area contributed by atoms with Crippen LogP contribution in [-0.2, 0) is 4.74 Å². The summed E-state index contributed by atoms with van der Waals surface area (Å²) in [5, 5.41) is 12.8. The Hall–Kier alpha value is -1.20. The van der Waals surface area contributed by atoms with Crippen molar-refractivity contribution in [2.24, 2.45) is 5.92 Å². The fourth-order valence-corrected chi connectivity index (χ4v) is 1.85. The fourth-order valence-electron chi connectivity index (χ4n) is 1.85. The number of hydrogen-bond acceptors (Lipinski definition) is 4. The summed E-state index contributed by atoms with van der Waals surface area (Å²) >= 11 is 0. The second-order valence-electron chi connectivity index (χ2n) is 4.51. The van der Waals surface area contributed by atoms with E-state index in [2.05, 4.69) is 5.10 Å². The smallest absolute Gasteiger partial charge is 0.247 e. The lowest BCUT2D eigenvalue weighted by Crippen LogP contribution is -2.21. The predicted molar refractivity (Wildman–Crippen MR) is 68.6 cm³/mol. The molecule has 0 aliphatic carbocycles. The van der Waals surface area contributed by atoms with Crippen LogP contribution in [-0.4, -0.2) is 40.6 Å². The average Bonchev–Trinajstić information content (AvgIpc) is 2.67. The third kappa shape index (κ3) is 4.23. The Morgan fingerprint density at radius 1 is 1.56 bits per heavy atom. The highest BCUT2D eigenvalue weighted by atomic mass is 16.5. The summed E-state index contributed by atoms with van der Waals surface area (Å²) < 4.78 is 6.74. The van der Waals surface area contributed by atoms with Crippen LogP contribution in [0.4, 0.5) is 0 Å². The molecule has 0 bridgehead atoms. The maximum Gasteiger partial charge on any atom is 0.247 e. The number of aromatic nitrogens is 2. The Kier molecular flexibility index (Phi) is 6.01. The zero-order chi connectivity index (χ0) is 13.5. The first-order valence-corrected chi connectivity index (χ1v) is 6.33. The van der Waals surface area contributed by atoms with E-state index < -0.39 is 0 Å². The lowest BCUT2D eigenvalue weighted by atomic mass is 10.0. The number of aryl methyl sites for hydroxylation is 2. The van der Waals surface area contributed by atoms with Gasteiger partial charge in [0, 0.05) is 18.7 Å². The molecule has 0 aliphatic rings. The number of hydrogen-bond donors (Lipinski definition) is 1. The van der Waals surface area contributed by atoms with Gasteiger partial charge in [0.25, 0.3) is 0 Å². The molecule has 5 nitrogen and oxygen atoms in total. The van der Waals surface area contributed by atoms with Crippen LogP contribution in [0.3, 0.4) is 0 Å². The van der Waals surface area contributed by atoms with Gasteiger partial charge in [-0.05, 0) is 25.8 Å². The van der Waals surface area contributed by atoms with Gasteiger partial charge in [-0.2, -0.15) is 5.10 Å². The molecule has 1 atom stereocenters. The van der Waals surface area contributed by atoms with Gasteiger partial charge in [-0.1, -0.05) is 13.3 Å². The number of carbonyl (C=O) groups is 1. The van der Waals surface area contributed by atoms with Crippen molar-refractivity contribution in [1.29, 1.82) is 0 Å². The number of ether oxygens (including phenoxy) is 1. The molecule has 1 aromatic rings. The van der Waals surface area contributed by atoms with Crippen molar-refractivity contribution in [3.8, 4) is 0 Å². The van der Waals surface area contributed by atoms with E-state index in [1.165, 1.54) is 4.68 Å². The Bertz CT molecular complexity index is 388. The number of nitrogens with zero attached hydrogens (tertiary/aromatic N) is 2. The fraction of sp³-hybridized carbons (Fsp3) is 0.692. The maximum atomic E-state index is 12.1. The molecule has 0 fully saturated rings. The van der Waals surface area contributed by atoms with Crippen LogP contribution in [0.25, 0.3) is 0 Å². The Labute approximate surface area is 108 Å². The summed E-state index contributed by atoms with van der Waals surface area (Å²) in [4.78, 5) is 12.1. The van der Waals surface area contributed by atoms with Crippen molar-refractivity contribution in [3.63, 3.8) is 0 Å². The van der Waals surface area contributed by atoms with E-state index in [9.17, 15) is 4.79 Å². The number of aliphatic hydroxyl groups excluding tert-OH is 1. The Morgan fingerprint density at radius 3 is 2.78 bits per heavy atom. The van der Waals surface area contributed by atoms with Crippen molar-refractivity contribution in [2.75, 3.05) is 19.8 Å². The molecular formula is C13H22N2O3. The SMILES string of the molecule is CCC(COCCO)CC(=O)n1nc(C)cc1C. The van der Waals surface area contributed by atoms with E-state index in [0.717, 1.165) is 17.8 Å². The van der Waals surface area contributed by atoms with E-state index in [4.69, 9.17) is 9.84 Å². The van der Waals surface area contributed by atoms with E-state index in [1.54, 1.807) is 0 Å². The second-order valence-corrected chi connectivity index (χ2v) is 4.51. The zero-order valence-corrected chi connectivity index (χ0v) is 11.3. The molecule has 1 heterocycles. The summed E-state index contributed by atoms with van der Waals surface area (Å²) in [5.41, 5.74) is 1.72. The van der Waals surface area contributed by atoms with Crippen LogP contribution >= 0.6 is 0 Å². The molecular weight excluding hydrogens is 232 g/mol. The molecule has 18 heavy (non-hydrogen) atoms. The molecule has 102 valence electrons. The molecule has 0 aliphatic heterocycles. The van der Waals surface area contributed by atoms with Crippen LogP contribution in [0, 0.1) is 19.8 Å². The summed E-state index contributed by atoms with van der Waals surface area (Å²) in [6, 6.07) is 1.89. The summed E-state index contributed by atoms with van der Waals surface area (Å²) in [6.07, 6.45) is 1.29. The highest BCUT2D eigenvalue weighted by molar-refractivity contribution is 5.78. The van der Waals surface area contributed by atoms with Gasteiger partial charge >= 0.3 is 0 Å². The van der Waals surface area contributed by atoms with Crippen molar-refractivity contribution in [3.05, 3.63) is 17.5 Å². The number of rotatable bonds is 7. The van der Waals surface area contributed by atoms with Crippen LogP contribution in [0.15, 0.2) is 6.07 Å². The highest BCUT2D eigenvalue weighted by Crippen LogP contribution is 2.12. The predicted octanol–water partition coefficient (Wildman–Crippen LogP) is 1.57. The minimum absolute atomic E-state index is 0.0000449. The van der Waals surface area contributed by atoms with Crippen LogP contribution in [0.2, 0.25) is 0 Å². The maximum absolute atomic E-state index is 12.1. The van der Waals surface area contributed by atoms with Crippen molar-refractivity contribution < 1.29 is 14.6 Å². The van der Waals surface area contributed by atoms with E-state index in [-0.39, 0.29) is 18.4 Å². The molecule has 1 unspecified atom stereocenters. The van der Waals surface area contributed by atoms with Crippen molar-refractivity contribution in [2.45, 2.75) is 33.6 Å². The van der Waals surface area contributed by atoms with Crippen LogP contribution in [0.1, 0.15) is 35.9 Å². The van der Waals surface area contributed by atoms with Gasteiger partial charge in [-0.15, -0.1) is 0 Å². The summed E-state index contributed by atoms with van der Waals surface area (Å²) in [7, 11) is 0. The lowest BCUT2D eigenvalue weighted by molar-refractivity contribution is 0.0578. The van der Waals surface area contributed by atoms with Gasteiger partial charge in [0.2, 0.25) is 5.91 Å². The normalized spacial score (nSPS) is 12.7. The van der Waals surface area contributed by atoms with Crippen LogP contribution < -0.4 is 0 Å². The van der Waals surface area contributed by atoms with Crippen molar-refractivity contribution in [1.82, 2.24) is 9.78 Å². The topological polar surface area (TPSA) is 64.3 Å². The first kappa shape index (κ1) is 14.9. The standard InChI is InChI=1S/C13H22N2O3/c1-4-12(9-18-6-5-16)8-13(17)15-11(3)7-10(2)14-15/h7,12,16H,4-6,8-9H2,1-3H3.